The number of halogens is 1. The summed E-state index contributed by atoms with van der Waals surface area (Å²) in [5, 5.41) is 8.95. The van der Waals surface area contributed by atoms with Crippen molar-refractivity contribution >= 4 is 29.3 Å². The van der Waals surface area contributed by atoms with Gasteiger partial charge in [0, 0.05) is 26.6 Å². The molecule has 1 aromatic rings. The lowest BCUT2D eigenvalue weighted by Gasteiger charge is -2.08. The summed E-state index contributed by atoms with van der Waals surface area (Å²) < 4.78 is 0. The van der Waals surface area contributed by atoms with Crippen LogP contribution in [0.25, 0.3) is 0 Å². The van der Waals surface area contributed by atoms with E-state index in [-0.39, 0.29) is 5.91 Å². The summed E-state index contributed by atoms with van der Waals surface area (Å²) in [5.41, 5.74) is 0. The largest absolute Gasteiger partial charge is 0.368 e. The Morgan fingerprint density at radius 1 is 1.53 bits per heavy atom. The molecule has 0 fully saturated rings. The fourth-order valence-corrected chi connectivity index (χ4v) is 1.35. The van der Waals surface area contributed by atoms with E-state index >= 15 is 0 Å². The Kier molecular flexibility index (Phi) is 5.48. The Balaban J connectivity index is 2.48. The van der Waals surface area contributed by atoms with Crippen LogP contribution >= 0.6 is 11.6 Å². The molecule has 0 bridgehead atoms. The Morgan fingerprint density at radius 3 is 2.94 bits per heavy atom. The molecule has 1 rings (SSSR count). The molecule has 6 nitrogen and oxygen atoms in total. The molecule has 1 aromatic heterocycles. The van der Waals surface area contributed by atoms with Gasteiger partial charge in [-0.25, -0.2) is 4.98 Å². The normalized spacial score (nSPS) is 9.82. The number of hydrogen-bond donors (Lipinski definition) is 3. The van der Waals surface area contributed by atoms with Crippen LogP contribution in [-0.2, 0) is 4.79 Å². The Bertz CT molecular complexity index is 385. The molecule has 0 aliphatic carbocycles. The molecule has 1 amide bonds. The number of anilines is 2. The van der Waals surface area contributed by atoms with Gasteiger partial charge in [0.05, 0.1) is 6.20 Å². The minimum absolute atomic E-state index is 0.000909. The highest BCUT2D eigenvalue weighted by atomic mass is 35.5. The smallest absolute Gasteiger partial charge is 0.224 e. The molecule has 0 saturated heterocycles. The Hall–Kier alpha value is -1.56. The van der Waals surface area contributed by atoms with Crippen LogP contribution in [0.5, 0.6) is 0 Å². The van der Waals surface area contributed by atoms with Crippen LogP contribution in [-0.4, -0.2) is 36.0 Å². The number of carbonyl (C=O) groups is 1. The monoisotopic (exact) mass is 257 g/mol. The van der Waals surface area contributed by atoms with E-state index in [0.717, 1.165) is 0 Å². The molecule has 0 aliphatic heterocycles. The summed E-state index contributed by atoms with van der Waals surface area (Å²) in [6, 6.07) is 0. The van der Waals surface area contributed by atoms with Crippen LogP contribution in [0.1, 0.15) is 13.3 Å². The second kappa shape index (κ2) is 6.90. The third-order valence-electron chi connectivity index (χ3n) is 1.99. The molecular formula is C10H16ClN5O. The molecule has 3 N–H and O–H groups in total. The summed E-state index contributed by atoms with van der Waals surface area (Å²) in [6.45, 7) is 2.99. The third-order valence-corrected chi connectivity index (χ3v) is 2.26. The summed E-state index contributed by atoms with van der Waals surface area (Å²) >= 11 is 5.91. The zero-order chi connectivity index (χ0) is 12.7. The number of amides is 1. The van der Waals surface area contributed by atoms with Crippen LogP contribution in [0.15, 0.2) is 6.20 Å². The van der Waals surface area contributed by atoms with E-state index in [9.17, 15) is 4.79 Å². The highest BCUT2D eigenvalue weighted by molar-refractivity contribution is 6.32. The van der Waals surface area contributed by atoms with E-state index < -0.39 is 0 Å². The molecule has 0 spiro atoms. The van der Waals surface area contributed by atoms with Crippen molar-refractivity contribution in [2.24, 2.45) is 0 Å². The van der Waals surface area contributed by atoms with Crippen molar-refractivity contribution in [3.05, 3.63) is 11.2 Å². The number of nitrogens with one attached hydrogen (secondary N) is 3. The second-order valence-corrected chi connectivity index (χ2v) is 3.68. The molecule has 17 heavy (non-hydrogen) atoms. The summed E-state index contributed by atoms with van der Waals surface area (Å²) in [4.78, 5) is 19.3. The summed E-state index contributed by atoms with van der Waals surface area (Å²) in [6.07, 6.45) is 1.89. The number of nitrogens with zero attached hydrogens (tertiary/aromatic N) is 2. The minimum Gasteiger partial charge on any atom is -0.368 e. The number of hydrogen-bond acceptors (Lipinski definition) is 5. The van der Waals surface area contributed by atoms with Gasteiger partial charge >= 0.3 is 0 Å². The highest BCUT2D eigenvalue weighted by Gasteiger charge is 2.05. The lowest BCUT2D eigenvalue weighted by molar-refractivity contribution is -0.120. The maximum atomic E-state index is 11.2. The van der Waals surface area contributed by atoms with Crippen molar-refractivity contribution in [3.63, 3.8) is 0 Å². The molecule has 0 unspecified atom stereocenters. The van der Waals surface area contributed by atoms with Crippen molar-refractivity contribution in [2.45, 2.75) is 13.3 Å². The average molecular weight is 258 g/mol. The molecule has 94 valence electrons. The van der Waals surface area contributed by atoms with Gasteiger partial charge in [0.2, 0.25) is 11.9 Å². The van der Waals surface area contributed by atoms with Crippen molar-refractivity contribution in [2.75, 3.05) is 30.8 Å². The first-order valence-corrected chi connectivity index (χ1v) is 5.76. The molecule has 0 aromatic carbocycles. The maximum absolute atomic E-state index is 11.2. The fraction of sp³-hybridized carbons (Fsp3) is 0.500. The zero-order valence-corrected chi connectivity index (χ0v) is 10.6. The zero-order valence-electron chi connectivity index (χ0n) is 9.88. The van der Waals surface area contributed by atoms with Gasteiger partial charge in [-0.15, -0.1) is 0 Å². The van der Waals surface area contributed by atoms with Gasteiger partial charge in [-0.2, -0.15) is 4.98 Å². The van der Waals surface area contributed by atoms with E-state index in [2.05, 4.69) is 25.9 Å². The number of aromatic nitrogens is 2. The molecular weight excluding hydrogens is 242 g/mol. The summed E-state index contributed by atoms with van der Waals surface area (Å²) in [5.74, 6) is 1.00. The van der Waals surface area contributed by atoms with E-state index in [4.69, 9.17) is 11.6 Å². The van der Waals surface area contributed by atoms with E-state index in [1.807, 2.05) is 6.92 Å². The first-order valence-electron chi connectivity index (χ1n) is 5.38. The van der Waals surface area contributed by atoms with Gasteiger partial charge in [0.25, 0.3) is 0 Å². The van der Waals surface area contributed by atoms with Gasteiger partial charge in [-0.1, -0.05) is 11.6 Å². The lowest BCUT2D eigenvalue weighted by Crippen LogP contribution is -2.24. The number of carbonyl (C=O) groups excluding carboxylic acids is 1. The molecule has 7 heteroatoms. The first kappa shape index (κ1) is 13.5. The van der Waals surface area contributed by atoms with Crippen molar-refractivity contribution in [3.8, 4) is 0 Å². The summed E-state index contributed by atoms with van der Waals surface area (Å²) in [7, 11) is 1.72. The van der Waals surface area contributed by atoms with Gasteiger partial charge in [-0.3, -0.25) is 4.79 Å². The Morgan fingerprint density at radius 2 is 2.29 bits per heavy atom. The quantitative estimate of drug-likeness (QED) is 0.712. The first-order chi connectivity index (χ1) is 8.17. The second-order valence-electron chi connectivity index (χ2n) is 3.27. The van der Waals surface area contributed by atoms with Crippen molar-refractivity contribution < 1.29 is 4.79 Å². The van der Waals surface area contributed by atoms with Gasteiger partial charge in [-0.05, 0) is 6.92 Å². The van der Waals surface area contributed by atoms with Crippen LogP contribution in [0.3, 0.4) is 0 Å². The van der Waals surface area contributed by atoms with Crippen LogP contribution in [0.4, 0.5) is 11.8 Å². The molecule has 1 heterocycles. The molecule has 0 aliphatic rings. The minimum atomic E-state index is -0.000909. The van der Waals surface area contributed by atoms with E-state index in [1.165, 1.54) is 6.20 Å². The highest BCUT2D eigenvalue weighted by Crippen LogP contribution is 2.18. The molecule has 0 saturated carbocycles. The third kappa shape index (κ3) is 4.44. The van der Waals surface area contributed by atoms with Crippen molar-refractivity contribution in [1.82, 2.24) is 15.3 Å². The predicted molar refractivity (Wildman–Crippen MR) is 68.4 cm³/mol. The van der Waals surface area contributed by atoms with Crippen LogP contribution < -0.4 is 16.0 Å². The van der Waals surface area contributed by atoms with Crippen LogP contribution in [0.2, 0.25) is 5.02 Å². The predicted octanol–water partition coefficient (Wildman–Crippen LogP) is 1.11. The Labute approximate surface area is 105 Å². The topological polar surface area (TPSA) is 78.9 Å². The number of rotatable bonds is 6. The average Bonchev–Trinajstić information content (AvgIpc) is 2.32. The maximum Gasteiger partial charge on any atom is 0.224 e. The van der Waals surface area contributed by atoms with Gasteiger partial charge < -0.3 is 16.0 Å². The van der Waals surface area contributed by atoms with Gasteiger partial charge in [0.15, 0.2) is 0 Å². The fourth-order valence-electron chi connectivity index (χ4n) is 1.19. The van der Waals surface area contributed by atoms with E-state index in [1.54, 1.807) is 7.05 Å². The van der Waals surface area contributed by atoms with E-state index in [0.29, 0.717) is 36.3 Å². The standard InChI is InChI=1S/C10H16ClN5O/c1-3-13-8(17)4-5-14-9-7(11)6-15-10(12-2)16-9/h6H,3-5H2,1-2H3,(H,13,17)(H2,12,14,15,16). The molecule has 0 radical (unpaired) electrons. The van der Waals surface area contributed by atoms with Crippen LogP contribution in [0, 0.1) is 0 Å². The van der Waals surface area contributed by atoms with Gasteiger partial charge in [0.1, 0.15) is 10.8 Å². The molecule has 0 atom stereocenters. The van der Waals surface area contributed by atoms with Crippen molar-refractivity contribution in [1.29, 1.82) is 0 Å². The lowest BCUT2D eigenvalue weighted by atomic mass is 10.4. The SMILES string of the molecule is CCNC(=O)CCNc1nc(NC)ncc1Cl.